The molecule has 0 spiro atoms. The summed E-state index contributed by atoms with van der Waals surface area (Å²) in [6, 6.07) is 17.9. The van der Waals surface area contributed by atoms with Crippen molar-refractivity contribution in [1.82, 2.24) is 0 Å². The molecule has 0 radical (unpaired) electrons. The highest BCUT2D eigenvalue weighted by Crippen LogP contribution is 2.55. The van der Waals surface area contributed by atoms with E-state index in [2.05, 4.69) is 65.5 Å². The molecule has 3 aromatic rings. The molecule has 0 amide bonds. The molecular formula is C65H80O15. The van der Waals surface area contributed by atoms with Crippen LogP contribution in [0.3, 0.4) is 0 Å². The predicted octanol–water partition coefficient (Wildman–Crippen LogP) is 9.44. The zero-order chi connectivity index (χ0) is 55.3. The van der Waals surface area contributed by atoms with E-state index in [0.29, 0.717) is 68.9 Å². The van der Waals surface area contributed by atoms with Crippen LogP contribution < -0.4 is 0 Å². The van der Waals surface area contributed by atoms with Crippen molar-refractivity contribution in [2.24, 2.45) is 5.92 Å². The van der Waals surface area contributed by atoms with Gasteiger partial charge in [0, 0.05) is 51.0 Å². The minimum absolute atomic E-state index is 0.0408. The average Bonchev–Trinajstić information content (AvgIpc) is 3.24. The zero-order valence-electron chi connectivity index (χ0n) is 47.4. The molecule has 0 saturated carbocycles. The van der Waals surface area contributed by atoms with Gasteiger partial charge in [0.15, 0.2) is 0 Å². The molecular weight excluding hydrogens is 1020 g/mol. The van der Waals surface area contributed by atoms with Gasteiger partial charge in [-0.05, 0) is 130 Å². The quantitative estimate of drug-likeness (QED) is 0.146. The van der Waals surface area contributed by atoms with E-state index in [4.69, 9.17) is 56.8 Å². The van der Waals surface area contributed by atoms with Gasteiger partial charge in [0.2, 0.25) is 0 Å². The molecule has 11 heterocycles. The van der Waals surface area contributed by atoms with Crippen molar-refractivity contribution in [3.8, 4) is 0 Å². The van der Waals surface area contributed by atoms with Crippen LogP contribution in [-0.4, -0.2) is 155 Å². The first-order chi connectivity index (χ1) is 38.2. The van der Waals surface area contributed by atoms with Gasteiger partial charge in [-0.3, -0.25) is 0 Å². The van der Waals surface area contributed by atoms with Crippen LogP contribution in [0.25, 0.3) is 21.5 Å². The summed E-state index contributed by atoms with van der Waals surface area (Å²) in [5.74, 6) is -0.568. The van der Waals surface area contributed by atoms with Crippen molar-refractivity contribution >= 4 is 33.5 Å². The van der Waals surface area contributed by atoms with Gasteiger partial charge in [0.25, 0.3) is 0 Å². The van der Waals surface area contributed by atoms with Crippen LogP contribution >= 0.6 is 0 Å². The van der Waals surface area contributed by atoms with E-state index in [-0.39, 0.29) is 110 Å². The zero-order valence-corrected chi connectivity index (χ0v) is 47.4. The van der Waals surface area contributed by atoms with Crippen molar-refractivity contribution in [1.29, 1.82) is 0 Å². The summed E-state index contributed by atoms with van der Waals surface area (Å²) in [7, 11) is 0. The van der Waals surface area contributed by atoms with E-state index in [1.54, 1.807) is 12.1 Å². The summed E-state index contributed by atoms with van der Waals surface area (Å²) in [6.45, 7) is 19.2. The Hall–Kier alpha value is -4.10. The van der Waals surface area contributed by atoms with E-state index in [1.807, 2.05) is 50.2 Å². The summed E-state index contributed by atoms with van der Waals surface area (Å²) in [5, 5.41) is 15.9. The highest BCUT2D eigenvalue weighted by molar-refractivity contribution is 6.09. The van der Waals surface area contributed by atoms with Crippen LogP contribution in [0.15, 0.2) is 90.6 Å². The largest absolute Gasteiger partial charge is 0.458 e. The molecule has 1 N–H and O–H groups in total. The number of carbonyl (C=O) groups excluding carboxylic acids is 2. The van der Waals surface area contributed by atoms with Crippen LogP contribution in [0.2, 0.25) is 0 Å². The summed E-state index contributed by atoms with van der Waals surface area (Å²) in [5.41, 5.74) is -1.33. The Bertz CT molecular complexity index is 3010. The highest BCUT2D eigenvalue weighted by atomic mass is 16.7. The second-order valence-electron chi connectivity index (χ2n) is 27.0. The molecule has 0 aliphatic carbocycles. The molecule has 15 heteroatoms. The molecule has 14 rings (SSSR count). The van der Waals surface area contributed by atoms with Crippen molar-refractivity contribution in [3.05, 3.63) is 96.1 Å². The van der Waals surface area contributed by atoms with Crippen molar-refractivity contribution in [2.75, 3.05) is 6.61 Å². The number of esters is 2. The van der Waals surface area contributed by atoms with Gasteiger partial charge in [0.05, 0.1) is 113 Å². The van der Waals surface area contributed by atoms with Crippen LogP contribution in [0, 0.1) is 5.92 Å². The lowest BCUT2D eigenvalue weighted by Crippen LogP contribution is -2.70. The lowest BCUT2D eigenvalue weighted by atomic mass is 9.72. The maximum Gasteiger partial charge on any atom is 0.339 e. The third-order valence-electron chi connectivity index (χ3n) is 21.0. The van der Waals surface area contributed by atoms with E-state index in [0.717, 1.165) is 46.4 Å². The lowest BCUT2D eigenvalue weighted by molar-refractivity contribution is -0.356. The van der Waals surface area contributed by atoms with E-state index >= 15 is 0 Å². The molecule has 11 aliphatic rings. The topological polar surface area (TPSA) is 165 Å². The third-order valence-corrected chi connectivity index (χ3v) is 21.0. The standard InChI is InChI=1S/C65H80O15/c1-34(33-69-60(68)41-16-11-15-39-24-37-13-9-10-14-38(37)25-42(39)41)21-40-26-51(66)65(8)55(70-40)28-47-48(77-65)27-46-43(71-47)17-12-19-61(4)56(74-46)32-64(7)54(78-61)30-53-62(5,80-64)20-18-44-58(76-53)35(2)22-45-50(72-44)31-63(6)52(73-45)29-49-59(79-63)36(3)23-57(67)75-49/h9-17,23-25,35,40,43-56,58-59,66H,1,18-22,26-33H2,2-8H3/b17-12-/t35-,40-,43?,44+,45?,46+,47?,48-,49?,50?,51+,52?,53?,54?,55?,56-,58?,59-,61+,62-,63+,64+,65+/m1/s1. The fourth-order valence-corrected chi connectivity index (χ4v) is 16.4. The Morgan fingerprint density at radius 3 is 2.29 bits per heavy atom. The van der Waals surface area contributed by atoms with Crippen LogP contribution in [-0.2, 0) is 61.6 Å². The van der Waals surface area contributed by atoms with Crippen molar-refractivity contribution < 1.29 is 71.5 Å². The van der Waals surface area contributed by atoms with Gasteiger partial charge >= 0.3 is 11.9 Å². The molecule has 9 saturated heterocycles. The molecule has 11 aliphatic heterocycles. The number of benzene rings is 3. The number of hydrogen-bond acceptors (Lipinski definition) is 15. The minimum atomic E-state index is -0.963. The molecule has 0 aromatic heterocycles. The first kappa shape index (κ1) is 53.9. The molecule has 0 bridgehead atoms. The SMILES string of the molecule is C=C(COC(=O)c1cccc2cc3ccccc3cc12)C[C@@H]1C[C@H](O)[C@]2(C)O[C@@H]3C[C@@H]4O[C@@H]5C[C@]6(C)O[C@]7(C)CC[C@@H]8OC9C[C@]%10(C)O[C@@H]%11C(C)=CC(=O)OC%11CC%10OC9C[C@@H](C)C8OC7CC6O[C@@]5(C)C/C=C\C4OC3CC2O1. The van der Waals surface area contributed by atoms with Gasteiger partial charge in [-0.25, -0.2) is 9.59 Å². The monoisotopic (exact) mass is 1100 g/mol. The second kappa shape index (κ2) is 19.8. The smallest absolute Gasteiger partial charge is 0.339 e. The molecule has 3 aromatic carbocycles. The Kier molecular flexibility index (Phi) is 13.3. The number of fused-ring (bicyclic) bond motifs is 12. The fraction of sp³-hybridized carbons (Fsp3) is 0.662. The van der Waals surface area contributed by atoms with Crippen LogP contribution in [0.5, 0.6) is 0 Å². The summed E-state index contributed by atoms with van der Waals surface area (Å²) in [6.07, 6.45) is 8.34. The predicted molar refractivity (Wildman–Crippen MR) is 294 cm³/mol. The van der Waals surface area contributed by atoms with Crippen LogP contribution in [0.1, 0.15) is 136 Å². The molecule has 80 heavy (non-hydrogen) atoms. The number of aliphatic hydroxyl groups excluding tert-OH is 1. The van der Waals surface area contributed by atoms with Gasteiger partial charge in [0.1, 0.15) is 30.5 Å². The molecule has 23 atom stereocenters. The minimum Gasteiger partial charge on any atom is -0.458 e. The van der Waals surface area contributed by atoms with Crippen LogP contribution in [0.4, 0.5) is 0 Å². The number of carbonyl (C=O) groups is 2. The van der Waals surface area contributed by atoms with Gasteiger partial charge in [-0.2, -0.15) is 0 Å². The van der Waals surface area contributed by atoms with E-state index in [9.17, 15) is 14.7 Å². The first-order valence-electron chi connectivity index (χ1n) is 29.9. The van der Waals surface area contributed by atoms with Gasteiger partial charge < -0.3 is 61.9 Å². The molecule has 430 valence electrons. The molecule has 10 unspecified atom stereocenters. The number of rotatable bonds is 5. The van der Waals surface area contributed by atoms with Gasteiger partial charge in [-0.1, -0.05) is 62.1 Å². The van der Waals surface area contributed by atoms with Gasteiger partial charge in [-0.15, -0.1) is 0 Å². The summed E-state index contributed by atoms with van der Waals surface area (Å²) >= 11 is 0. The Morgan fingerprint density at radius 1 is 0.688 bits per heavy atom. The maximum absolute atomic E-state index is 13.5. The third kappa shape index (κ3) is 9.26. The lowest BCUT2D eigenvalue weighted by Gasteiger charge is -2.60. The summed E-state index contributed by atoms with van der Waals surface area (Å²) < 4.78 is 82.4. The van der Waals surface area contributed by atoms with Crippen molar-refractivity contribution in [3.63, 3.8) is 0 Å². The average molecular weight is 1100 g/mol. The number of ether oxygens (including phenoxy) is 12. The molecule has 9 fully saturated rings. The Balaban J connectivity index is 0.610. The summed E-state index contributed by atoms with van der Waals surface area (Å²) in [4.78, 5) is 25.8. The highest BCUT2D eigenvalue weighted by Gasteiger charge is 2.64. The Morgan fingerprint density at radius 2 is 1.45 bits per heavy atom. The Labute approximate surface area is 469 Å². The second-order valence-corrected chi connectivity index (χ2v) is 27.0. The maximum atomic E-state index is 13.5. The first-order valence-corrected chi connectivity index (χ1v) is 29.9. The van der Waals surface area contributed by atoms with E-state index in [1.165, 1.54) is 0 Å². The van der Waals surface area contributed by atoms with E-state index < -0.39 is 46.2 Å². The number of hydrogen-bond donors (Lipinski definition) is 1. The molecule has 15 nitrogen and oxygen atoms in total. The van der Waals surface area contributed by atoms with Crippen molar-refractivity contribution in [2.45, 2.75) is 257 Å². The fourth-order valence-electron chi connectivity index (χ4n) is 16.4. The normalized spacial score (nSPS) is 48.0. The number of aliphatic hydroxyl groups is 1.